The van der Waals surface area contributed by atoms with Gasteiger partial charge in [0.2, 0.25) is 0 Å². The van der Waals surface area contributed by atoms with Gasteiger partial charge in [-0.15, -0.1) is 0 Å². The number of aromatic nitrogens is 1. The number of pyridine rings is 1. The zero-order valence-electron chi connectivity index (χ0n) is 11.5. The Hall–Kier alpha value is -2.55. The number of hydrogen-bond acceptors (Lipinski definition) is 2. The van der Waals surface area contributed by atoms with Crippen LogP contribution in [0.3, 0.4) is 0 Å². The second kappa shape index (κ2) is 4.85. The third kappa shape index (κ3) is 2.43. The van der Waals surface area contributed by atoms with E-state index in [1.54, 1.807) is 6.07 Å². The second-order valence-corrected chi connectivity index (χ2v) is 5.09. The first kappa shape index (κ1) is 12.5. The molecule has 0 saturated carbocycles. The summed E-state index contributed by atoms with van der Waals surface area (Å²) in [4.78, 5) is 15.4. The van der Waals surface area contributed by atoms with E-state index < -0.39 is 0 Å². The van der Waals surface area contributed by atoms with Crippen LogP contribution in [-0.4, -0.2) is 4.98 Å². The van der Waals surface area contributed by atoms with Crippen LogP contribution in [0.4, 0.5) is 11.5 Å². The lowest BCUT2D eigenvalue weighted by atomic mass is 10.1. The molecule has 0 amide bonds. The minimum Gasteiger partial charge on any atom is -0.342 e. The summed E-state index contributed by atoms with van der Waals surface area (Å²) in [6.45, 7) is 4.03. The van der Waals surface area contributed by atoms with E-state index in [2.05, 4.69) is 10.3 Å². The lowest BCUT2D eigenvalue weighted by molar-refractivity contribution is 1.34. The van der Waals surface area contributed by atoms with E-state index in [-0.39, 0.29) is 5.43 Å². The maximum absolute atomic E-state index is 12.1. The van der Waals surface area contributed by atoms with Gasteiger partial charge >= 0.3 is 0 Å². The summed E-state index contributed by atoms with van der Waals surface area (Å²) in [5.74, 6) is 0.704. The van der Waals surface area contributed by atoms with Crippen LogP contribution in [0.25, 0.3) is 10.9 Å². The van der Waals surface area contributed by atoms with Gasteiger partial charge in [-0.05, 0) is 38.1 Å². The Labute approximate surface area is 117 Å². The normalized spacial score (nSPS) is 10.7. The second-order valence-electron chi connectivity index (χ2n) is 5.09. The van der Waals surface area contributed by atoms with Crippen molar-refractivity contribution >= 4 is 22.4 Å². The fourth-order valence-corrected chi connectivity index (χ4v) is 2.22. The number of aryl methyl sites for hydroxylation is 2. The Kier molecular flexibility index (Phi) is 3.03. The maximum atomic E-state index is 12.1. The Morgan fingerprint density at radius 2 is 1.60 bits per heavy atom. The van der Waals surface area contributed by atoms with Crippen LogP contribution < -0.4 is 10.7 Å². The van der Waals surface area contributed by atoms with Crippen molar-refractivity contribution in [1.29, 1.82) is 0 Å². The van der Waals surface area contributed by atoms with Crippen molar-refractivity contribution in [3.63, 3.8) is 0 Å². The number of benzene rings is 2. The summed E-state index contributed by atoms with van der Waals surface area (Å²) < 4.78 is 0. The highest BCUT2D eigenvalue weighted by molar-refractivity contribution is 5.81. The van der Waals surface area contributed by atoms with Gasteiger partial charge in [-0.2, -0.15) is 0 Å². The van der Waals surface area contributed by atoms with E-state index in [9.17, 15) is 4.79 Å². The van der Waals surface area contributed by atoms with Crippen molar-refractivity contribution < 1.29 is 0 Å². The van der Waals surface area contributed by atoms with Gasteiger partial charge in [0.25, 0.3) is 0 Å². The molecule has 0 aliphatic carbocycles. The molecule has 1 aromatic heterocycles. The minimum atomic E-state index is 0.0251. The van der Waals surface area contributed by atoms with Crippen LogP contribution in [0.2, 0.25) is 0 Å². The van der Waals surface area contributed by atoms with Crippen molar-refractivity contribution in [2.24, 2.45) is 0 Å². The fraction of sp³-hybridized carbons (Fsp3) is 0.118. The van der Waals surface area contributed by atoms with Crippen molar-refractivity contribution in [2.75, 3.05) is 5.32 Å². The summed E-state index contributed by atoms with van der Waals surface area (Å²) in [7, 11) is 0. The third-order valence-corrected chi connectivity index (χ3v) is 3.32. The van der Waals surface area contributed by atoms with Crippen molar-refractivity contribution in [3.8, 4) is 0 Å². The Morgan fingerprint density at radius 3 is 2.35 bits per heavy atom. The number of aromatic amines is 1. The van der Waals surface area contributed by atoms with Crippen molar-refractivity contribution in [1.82, 2.24) is 4.98 Å². The molecule has 0 fully saturated rings. The number of H-pyrrole nitrogens is 1. The molecule has 3 nitrogen and oxygen atoms in total. The lowest BCUT2D eigenvalue weighted by Gasteiger charge is -2.08. The summed E-state index contributed by atoms with van der Waals surface area (Å²) >= 11 is 0. The van der Waals surface area contributed by atoms with Gasteiger partial charge in [-0.1, -0.05) is 29.3 Å². The van der Waals surface area contributed by atoms with E-state index >= 15 is 0 Å². The van der Waals surface area contributed by atoms with Crippen LogP contribution in [0.5, 0.6) is 0 Å². The van der Waals surface area contributed by atoms with E-state index in [4.69, 9.17) is 0 Å². The highest BCUT2D eigenvalue weighted by Gasteiger charge is 2.02. The van der Waals surface area contributed by atoms with Crippen molar-refractivity contribution in [3.05, 3.63) is 69.9 Å². The predicted molar refractivity (Wildman–Crippen MR) is 83.8 cm³/mol. The molecule has 2 aromatic carbocycles. The van der Waals surface area contributed by atoms with Crippen LogP contribution in [0.1, 0.15) is 11.1 Å². The molecule has 0 unspecified atom stereocenters. The van der Waals surface area contributed by atoms with Gasteiger partial charge in [0.15, 0.2) is 5.43 Å². The van der Waals surface area contributed by atoms with E-state index in [0.717, 1.165) is 22.2 Å². The first-order chi connectivity index (χ1) is 9.61. The summed E-state index contributed by atoms with van der Waals surface area (Å²) in [5, 5.41) is 3.94. The molecule has 1 heterocycles. The molecule has 0 atom stereocenters. The number of anilines is 2. The minimum absolute atomic E-state index is 0.0251. The summed E-state index contributed by atoms with van der Waals surface area (Å²) in [6.07, 6.45) is 0. The smallest absolute Gasteiger partial charge is 0.191 e. The zero-order chi connectivity index (χ0) is 14.1. The third-order valence-electron chi connectivity index (χ3n) is 3.32. The average molecular weight is 264 g/mol. The molecule has 20 heavy (non-hydrogen) atoms. The number of nitrogens with one attached hydrogen (secondary N) is 2. The summed E-state index contributed by atoms with van der Waals surface area (Å²) in [5.41, 5.74) is 4.12. The number of fused-ring (bicyclic) bond motifs is 1. The van der Waals surface area contributed by atoms with E-state index in [1.807, 2.05) is 56.3 Å². The Balaban J connectivity index is 2.02. The molecular formula is C17H16N2O. The highest BCUT2D eigenvalue weighted by Crippen LogP contribution is 2.17. The van der Waals surface area contributed by atoms with Crippen LogP contribution >= 0.6 is 0 Å². The topological polar surface area (TPSA) is 44.9 Å². The molecule has 0 aliphatic heterocycles. The largest absolute Gasteiger partial charge is 0.342 e. The quantitative estimate of drug-likeness (QED) is 0.737. The molecular weight excluding hydrogens is 248 g/mol. The SMILES string of the molecule is Cc1ccc(Nc2cc(=O)c3cc(C)ccc3[nH]2)cc1. The highest BCUT2D eigenvalue weighted by atomic mass is 16.1. The lowest BCUT2D eigenvalue weighted by Crippen LogP contribution is -2.05. The van der Waals surface area contributed by atoms with Gasteiger partial charge in [-0.25, -0.2) is 0 Å². The number of rotatable bonds is 2. The van der Waals surface area contributed by atoms with Gasteiger partial charge < -0.3 is 10.3 Å². The van der Waals surface area contributed by atoms with E-state index in [1.165, 1.54) is 5.56 Å². The van der Waals surface area contributed by atoms with Gasteiger partial charge in [0.1, 0.15) is 5.82 Å². The van der Waals surface area contributed by atoms with Gasteiger partial charge in [0.05, 0.1) is 5.52 Å². The molecule has 0 radical (unpaired) electrons. The fourth-order valence-electron chi connectivity index (χ4n) is 2.22. The van der Waals surface area contributed by atoms with Crippen LogP contribution in [-0.2, 0) is 0 Å². The Morgan fingerprint density at radius 1 is 0.900 bits per heavy atom. The van der Waals surface area contributed by atoms with Crippen LogP contribution in [0.15, 0.2) is 53.3 Å². The maximum Gasteiger partial charge on any atom is 0.191 e. The molecule has 0 spiro atoms. The monoisotopic (exact) mass is 264 g/mol. The molecule has 3 heteroatoms. The molecule has 3 rings (SSSR count). The first-order valence-corrected chi connectivity index (χ1v) is 6.59. The molecule has 2 N–H and O–H groups in total. The van der Waals surface area contributed by atoms with Gasteiger partial charge in [0, 0.05) is 17.1 Å². The molecule has 0 aliphatic rings. The molecule has 100 valence electrons. The zero-order valence-corrected chi connectivity index (χ0v) is 11.5. The Bertz CT molecular complexity index is 817. The molecule has 0 bridgehead atoms. The van der Waals surface area contributed by atoms with E-state index in [0.29, 0.717) is 5.82 Å². The van der Waals surface area contributed by atoms with Crippen molar-refractivity contribution in [2.45, 2.75) is 13.8 Å². The first-order valence-electron chi connectivity index (χ1n) is 6.59. The average Bonchev–Trinajstić information content (AvgIpc) is 2.42. The van der Waals surface area contributed by atoms with Crippen LogP contribution in [0, 0.1) is 13.8 Å². The molecule has 0 saturated heterocycles. The standard InChI is InChI=1S/C17H16N2O/c1-11-3-6-13(7-4-11)18-17-10-16(20)14-9-12(2)5-8-15(14)19-17/h3-10H,1-2H3,(H2,18,19,20). The predicted octanol–water partition coefficient (Wildman–Crippen LogP) is 3.89. The molecule has 3 aromatic rings. The van der Waals surface area contributed by atoms with Gasteiger partial charge in [-0.3, -0.25) is 4.79 Å². The number of hydrogen-bond donors (Lipinski definition) is 2. The summed E-state index contributed by atoms with van der Waals surface area (Å²) in [6, 6.07) is 15.5.